The van der Waals surface area contributed by atoms with Gasteiger partial charge in [0.05, 0.1) is 32.1 Å². The summed E-state index contributed by atoms with van der Waals surface area (Å²) >= 11 is 0. The number of amides is 1. The molecule has 2 aromatic carbocycles. The van der Waals surface area contributed by atoms with Crippen molar-refractivity contribution in [3.63, 3.8) is 0 Å². The predicted molar refractivity (Wildman–Crippen MR) is 103 cm³/mol. The van der Waals surface area contributed by atoms with Crippen LogP contribution in [0, 0.1) is 0 Å². The Morgan fingerprint density at radius 1 is 1.07 bits per heavy atom. The quantitative estimate of drug-likeness (QED) is 0.877. The van der Waals surface area contributed by atoms with Crippen molar-refractivity contribution in [1.29, 1.82) is 0 Å². The highest BCUT2D eigenvalue weighted by molar-refractivity contribution is 5.83. The molecule has 1 fully saturated rings. The smallest absolute Gasteiger partial charge is 0.231 e. The minimum atomic E-state index is -0.0263. The number of quaternary nitrogens is 1. The Morgan fingerprint density at radius 2 is 1.81 bits per heavy atom. The number of piperazine rings is 1. The van der Waals surface area contributed by atoms with Crippen LogP contribution in [0.15, 0.2) is 48.5 Å². The summed E-state index contributed by atoms with van der Waals surface area (Å²) in [6.07, 6.45) is 0.840. The summed E-state index contributed by atoms with van der Waals surface area (Å²) in [5.41, 5.74) is 2.38. The first-order valence-electron chi connectivity index (χ1n) is 9.80. The van der Waals surface area contributed by atoms with E-state index in [-0.39, 0.29) is 11.8 Å². The van der Waals surface area contributed by atoms with Crippen molar-refractivity contribution < 1.29 is 19.2 Å². The number of ether oxygens (including phenoxy) is 2. The van der Waals surface area contributed by atoms with Crippen molar-refractivity contribution in [3.8, 4) is 11.5 Å². The first kappa shape index (κ1) is 17.9. The van der Waals surface area contributed by atoms with E-state index in [0.29, 0.717) is 6.79 Å². The van der Waals surface area contributed by atoms with Crippen LogP contribution in [0.25, 0.3) is 0 Å². The maximum absolute atomic E-state index is 13.0. The summed E-state index contributed by atoms with van der Waals surface area (Å²) < 4.78 is 10.9. The van der Waals surface area contributed by atoms with Gasteiger partial charge in [0.1, 0.15) is 6.54 Å². The molecule has 0 radical (unpaired) electrons. The fourth-order valence-corrected chi connectivity index (χ4v) is 4.02. The molecule has 1 N–H and O–H groups in total. The SMILES string of the molecule is CC[C@H](C(=O)N1CC[NH+](Cc2ccc3c(c2)OCO3)CC1)c1ccccc1. The number of hydrogen-bond acceptors (Lipinski definition) is 3. The lowest BCUT2D eigenvalue weighted by Gasteiger charge is -2.34. The predicted octanol–water partition coefficient (Wildman–Crippen LogP) is 1.84. The average Bonchev–Trinajstić information content (AvgIpc) is 3.18. The molecule has 0 aromatic heterocycles. The lowest BCUT2D eigenvalue weighted by molar-refractivity contribution is -0.917. The van der Waals surface area contributed by atoms with Gasteiger partial charge in [-0.1, -0.05) is 37.3 Å². The molecule has 2 aliphatic rings. The van der Waals surface area contributed by atoms with Crippen LogP contribution in [0.1, 0.15) is 30.4 Å². The summed E-state index contributed by atoms with van der Waals surface area (Å²) in [7, 11) is 0. The molecule has 5 heteroatoms. The van der Waals surface area contributed by atoms with Crippen molar-refractivity contribution in [1.82, 2.24) is 4.90 Å². The number of hydrogen-bond donors (Lipinski definition) is 1. The zero-order valence-corrected chi connectivity index (χ0v) is 15.8. The number of rotatable bonds is 5. The van der Waals surface area contributed by atoms with Crippen molar-refractivity contribution in [2.24, 2.45) is 0 Å². The third kappa shape index (κ3) is 3.93. The summed E-state index contributed by atoms with van der Waals surface area (Å²) in [6, 6.07) is 16.3. The first-order chi connectivity index (χ1) is 13.2. The molecule has 0 saturated carbocycles. The van der Waals surface area contributed by atoms with E-state index in [2.05, 4.69) is 31.2 Å². The Balaban J connectivity index is 1.34. The zero-order valence-electron chi connectivity index (χ0n) is 15.8. The Bertz CT molecular complexity index is 785. The number of carbonyl (C=O) groups is 1. The van der Waals surface area contributed by atoms with E-state index >= 15 is 0 Å². The third-order valence-corrected chi connectivity index (χ3v) is 5.58. The number of nitrogens with one attached hydrogen (secondary N) is 1. The second-order valence-electron chi connectivity index (χ2n) is 7.31. The van der Waals surface area contributed by atoms with Crippen LogP contribution in [0.2, 0.25) is 0 Å². The van der Waals surface area contributed by atoms with Gasteiger partial charge < -0.3 is 19.3 Å². The van der Waals surface area contributed by atoms with Gasteiger partial charge >= 0.3 is 0 Å². The molecular weight excluding hydrogens is 340 g/mol. The molecule has 2 aromatic rings. The molecule has 0 aliphatic carbocycles. The molecule has 0 spiro atoms. The lowest BCUT2D eigenvalue weighted by atomic mass is 9.95. The number of benzene rings is 2. The summed E-state index contributed by atoms with van der Waals surface area (Å²) in [5, 5.41) is 0. The van der Waals surface area contributed by atoms with Gasteiger partial charge in [0, 0.05) is 5.56 Å². The highest BCUT2D eigenvalue weighted by Crippen LogP contribution is 2.32. The minimum Gasteiger partial charge on any atom is -0.454 e. The van der Waals surface area contributed by atoms with E-state index in [1.54, 1.807) is 0 Å². The Labute approximate surface area is 160 Å². The molecule has 27 heavy (non-hydrogen) atoms. The number of carbonyl (C=O) groups excluding carboxylic acids is 1. The second kappa shape index (κ2) is 8.01. The van der Waals surface area contributed by atoms with Crippen molar-refractivity contribution >= 4 is 5.91 Å². The Hall–Kier alpha value is -2.53. The van der Waals surface area contributed by atoms with Crippen LogP contribution in [0.3, 0.4) is 0 Å². The molecule has 142 valence electrons. The Morgan fingerprint density at radius 3 is 2.56 bits per heavy atom. The monoisotopic (exact) mass is 367 g/mol. The van der Waals surface area contributed by atoms with Crippen molar-refractivity contribution in [2.75, 3.05) is 33.0 Å². The van der Waals surface area contributed by atoms with E-state index in [1.807, 2.05) is 29.2 Å². The topological polar surface area (TPSA) is 43.2 Å². The van der Waals surface area contributed by atoms with Crippen LogP contribution >= 0.6 is 0 Å². The van der Waals surface area contributed by atoms with Gasteiger partial charge in [-0.05, 0) is 30.2 Å². The standard InChI is InChI=1S/C22H26N2O3/c1-2-19(18-6-4-3-5-7-18)22(25)24-12-10-23(11-13-24)15-17-8-9-20-21(14-17)27-16-26-20/h3-9,14,19H,2,10-13,15-16H2,1H3/p+1/t19-/m0/s1. The second-order valence-corrected chi connectivity index (χ2v) is 7.31. The molecule has 2 heterocycles. The molecular formula is C22H27N2O3+. The van der Waals surface area contributed by atoms with E-state index in [9.17, 15) is 4.79 Å². The molecule has 0 bridgehead atoms. The molecule has 0 unspecified atom stereocenters. The maximum atomic E-state index is 13.0. The van der Waals surface area contributed by atoms with Gasteiger partial charge in [0.25, 0.3) is 0 Å². The van der Waals surface area contributed by atoms with Gasteiger partial charge in [-0.3, -0.25) is 4.79 Å². The lowest BCUT2D eigenvalue weighted by Crippen LogP contribution is -3.13. The first-order valence-corrected chi connectivity index (χ1v) is 9.80. The largest absolute Gasteiger partial charge is 0.454 e. The summed E-state index contributed by atoms with van der Waals surface area (Å²) in [6.45, 7) is 6.96. The van der Waals surface area contributed by atoms with Gasteiger partial charge in [0.2, 0.25) is 12.7 Å². The maximum Gasteiger partial charge on any atom is 0.231 e. The van der Waals surface area contributed by atoms with Gasteiger partial charge in [-0.15, -0.1) is 0 Å². The van der Waals surface area contributed by atoms with Crippen LogP contribution in [-0.4, -0.2) is 43.8 Å². The van der Waals surface area contributed by atoms with E-state index < -0.39 is 0 Å². The Kier molecular flexibility index (Phi) is 5.30. The molecule has 1 amide bonds. The fraction of sp³-hybridized carbons (Fsp3) is 0.409. The van der Waals surface area contributed by atoms with Crippen LogP contribution in [0.4, 0.5) is 0 Å². The third-order valence-electron chi connectivity index (χ3n) is 5.58. The van der Waals surface area contributed by atoms with Gasteiger partial charge in [-0.25, -0.2) is 0 Å². The molecule has 1 saturated heterocycles. The minimum absolute atomic E-state index is 0.0263. The molecule has 4 rings (SSSR count). The van der Waals surface area contributed by atoms with Crippen LogP contribution in [-0.2, 0) is 11.3 Å². The highest BCUT2D eigenvalue weighted by atomic mass is 16.7. The fourth-order valence-electron chi connectivity index (χ4n) is 4.02. The number of fused-ring (bicyclic) bond motifs is 1. The highest BCUT2D eigenvalue weighted by Gasteiger charge is 2.29. The van der Waals surface area contributed by atoms with Crippen molar-refractivity contribution in [2.45, 2.75) is 25.8 Å². The zero-order chi connectivity index (χ0) is 18.6. The average molecular weight is 367 g/mol. The van der Waals surface area contributed by atoms with E-state index in [1.165, 1.54) is 10.5 Å². The molecule has 1 atom stereocenters. The van der Waals surface area contributed by atoms with Gasteiger partial charge in [-0.2, -0.15) is 0 Å². The van der Waals surface area contributed by atoms with Gasteiger partial charge in [0.15, 0.2) is 11.5 Å². The van der Waals surface area contributed by atoms with Crippen LogP contribution in [0.5, 0.6) is 11.5 Å². The van der Waals surface area contributed by atoms with E-state index in [0.717, 1.165) is 56.2 Å². The number of nitrogens with zero attached hydrogens (tertiary/aromatic N) is 1. The summed E-state index contributed by atoms with van der Waals surface area (Å²) in [5.74, 6) is 1.91. The summed E-state index contributed by atoms with van der Waals surface area (Å²) in [4.78, 5) is 16.6. The van der Waals surface area contributed by atoms with E-state index in [4.69, 9.17) is 9.47 Å². The molecule has 5 nitrogen and oxygen atoms in total. The van der Waals surface area contributed by atoms with Crippen molar-refractivity contribution in [3.05, 3.63) is 59.7 Å². The normalized spacial score (nSPS) is 17.7. The molecule has 2 aliphatic heterocycles. The van der Waals surface area contributed by atoms with Crippen LogP contribution < -0.4 is 14.4 Å².